The molecule has 4 nitrogen and oxygen atoms in total. The van der Waals surface area contributed by atoms with Crippen molar-refractivity contribution in [1.82, 2.24) is 10.2 Å². The van der Waals surface area contributed by atoms with Crippen molar-refractivity contribution >= 4 is 27.3 Å². The number of fused-ring (bicyclic) bond motifs is 3. The summed E-state index contributed by atoms with van der Waals surface area (Å²) in [6.07, 6.45) is 6.86. The lowest BCUT2D eigenvalue weighted by molar-refractivity contribution is -0.00138. The van der Waals surface area contributed by atoms with Crippen molar-refractivity contribution in [2.75, 3.05) is 13.1 Å². The third-order valence-corrected chi connectivity index (χ3v) is 8.04. The van der Waals surface area contributed by atoms with Crippen molar-refractivity contribution in [2.45, 2.75) is 56.2 Å². The maximum atomic E-state index is 14.3. The van der Waals surface area contributed by atoms with Crippen LogP contribution in [0.4, 0.5) is 4.39 Å². The highest BCUT2D eigenvalue weighted by Gasteiger charge is 2.60. The molecule has 1 aromatic heterocycles. The fourth-order valence-electron chi connectivity index (χ4n) is 5.16. The standard InChI is InChI=1S/C21H23FN2O2S/c22-15-4-1-13-11-16(27-18(13)17(15)26-14-2-3-14)20(25)23-19-12-5-9-24(10-6-12)21(19)7-8-21/h1,4,11-12,14,19H,2-3,5-10H2,(H,23,25)/t19-/m1/s1. The molecule has 4 heterocycles. The van der Waals surface area contributed by atoms with E-state index in [-0.39, 0.29) is 29.4 Å². The van der Waals surface area contributed by atoms with Gasteiger partial charge < -0.3 is 10.1 Å². The van der Waals surface area contributed by atoms with Crippen molar-refractivity contribution in [2.24, 2.45) is 5.92 Å². The van der Waals surface area contributed by atoms with Crippen LogP contribution in [0.2, 0.25) is 0 Å². The van der Waals surface area contributed by atoms with Gasteiger partial charge in [-0.05, 0) is 75.1 Å². The van der Waals surface area contributed by atoms with Gasteiger partial charge in [0, 0.05) is 5.54 Å². The number of hydrogen-bond acceptors (Lipinski definition) is 4. The quantitative estimate of drug-likeness (QED) is 0.865. The molecule has 6 heteroatoms. The normalized spacial score (nSPS) is 30.6. The molecule has 5 fully saturated rings. The van der Waals surface area contributed by atoms with Crippen LogP contribution in [0.25, 0.3) is 10.1 Å². The van der Waals surface area contributed by atoms with Crippen molar-refractivity contribution in [3.05, 3.63) is 28.9 Å². The molecule has 27 heavy (non-hydrogen) atoms. The molecule has 2 aliphatic carbocycles. The topological polar surface area (TPSA) is 41.6 Å². The molecule has 3 saturated heterocycles. The smallest absolute Gasteiger partial charge is 0.261 e. The molecule has 7 rings (SSSR count). The number of halogens is 1. The van der Waals surface area contributed by atoms with E-state index >= 15 is 0 Å². The number of amides is 1. The molecular weight excluding hydrogens is 363 g/mol. The summed E-state index contributed by atoms with van der Waals surface area (Å²) >= 11 is 1.35. The van der Waals surface area contributed by atoms with E-state index in [0.29, 0.717) is 16.5 Å². The molecule has 3 aliphatic heterocycles. The van der Waals surface area contributed by atoms with Gasteiger partial charge in [0.1, 0.15) is 0 Å². The van der Waals surface area contributed by atoms with Gasteiger partial charge in [0.25, 0.3) is 5.91 Å². The number of carbonyl (C=O) groups excluding carboxylic acids is 1. The highest BCUT2D eigenvalue weighted by atomic mass is 32.1. The molecule has 142 valence electrons. The number of benzene rings is 1. The van der Waals surface area contributed by atoms with Crippen molar-refractivity contribution in [3.63, 3.8) is 0 Å². The van der Waals surface area contributed by atoms with Gasteiger partial charge in [0.05, 0.1) is 21.7 Å². The second-order valence-corrected chi connectivity index (χ2v) is 9.65. The molecule has 1 N–H and O–H groups in total. The summed E-state index contributed by atoms with van der Waals surface area (Å²) in [7, 11) is 0. The first-order valence-corrected chi connectivity index (χ1v) is 10.9. The van der Waals surface area contributed by atoms with E-state index in [1.807, 2.05) is 6.07 Å². The van der Waals surface area contributed by atoms with Gasteiger partial charge >= 0.3 is 0 Å². The van der Waals surface area contributed by atoms with Gasteiger partial charge in [-0.3, -0.25) is 9.69 Å². The van der Waals surface area contributed by atoms with Crippen LogP contribution >= 0.6 is 11.3 Å². The van der Waals surface area contributed by atoms with Crippen LogP contribution in [0.1, 0.15) is 48.2 Å². The number of rotatable bonds is 4. The Morgan fingerprint density at radius 2 is 2.00 bits per heavy atom. The van der Waals surface area contributed by atoms with E-state index in [1.54, 1.807) is 6.07 Å². The zero-order chi connectivity index (χ0) is 18.2. The molecule has 1 spiro atoms. The first-order valence-electron chi connectivity index (χ1n) is 10.1. The van der Waals surface area contributed by atoms with Crippen molar-refractivity contribution in [1.29, 1.82) is 0 Å². The summed E-state index contributed by atoms with van der Waals surface area (Å²) in [6.45, 7) is 2.36. The Morgan fingerprint density at radius 3 is 2.70 bits per heavy atom. The average molecular weight is 386 g/mol. The Bertz CT molecular complexity index is 926. The highest BCUT2D eigenvalue weighted by molar-refractivity contribution is 7.21. The molecule has 1 atom stereocenters. The molecule has 2 saturated carbocycles. The number of hydrogen-bond donors (Lipinski definition) is 1. The lowest BCUT2D eigenvalue weighted by Gasteiger charge is -2.52. The fraction of sp³-hybridized carbons (Fsp3) is 0.571. The zero-order valence-electron chi connectivity index (χ0n) is 15.2. The monoisotopic (exact) mass is 386 g/mol. The first-order chi connectivity index (χ1) is 13.1. The second-order valence-electron chi connectivity index (χ2n) is 8.60. The van der Waals surface area contributed by atoms with E-state index in [9.17, 15) is 9.18 Å². The third kappa shape index (κ3) is 2.53. The molecule has 1 aromatic carbocycles. The summed E-state index contributed by atoms with van der Waals surface area (Å²) in [4.78, 5) is 16.3. The minimum atomic E-state index is -0.336. The summed E-state index contributed by atoms with van der Waals surface area (Å²) < 4.78 is 20.8. The van der Waals surface area contributed by atoms with Gasteiger partial charge in [-0.15, -0.1) is 11.3 Å². The maximum absolute atomic E-state index is 14.3. The summed E-state index contributed by atoms with van der Waals surface area (Å²) in [5.74, 6) is 0.569. The summed E-state index contributed by atoms with van der Waals surface area (Å²) in [5.41, 5.74) is 0.222. The van der Waals surface area contributed by atoms with Crippen LogP contribution in [0, 0.1) is 11.7 Å². The van der Waals surface area contributed by atoms with Crippen LogP contribution < -0.4 is 10.1 Å². The number of ether oxygens (including phenoxy) is 1. The lowest BCUT2D eigenvalue weighted by Crippen LogP contribution is -2.65. The van der Waals surface area contributed by atoms with Crippen LogP contribution in [0.15, 0.2) is 18.2 Å². The van der Waals surface area contributed by atoms with Crippen molar-refractivity contribution < 1.29 is 13.9 Å². The summed E-state index contributed by atoms with van der Waals surface area (Å²) in [5, 5.41) is 4.25. The van der Waals surface area contributed by atoms with E-state index in [2.05, 4.69) is 10.2 Å². The molecule has 0 unspecified atom stereocenters. The number of nitrogens with one attached hydrogen (secondary N) is 1. The van der Waals surface area contributed by atoms with E-state index in [4.69, 9.17) is 4.74 Å². The van der Waals surface area contributed by atoms with Gasteiger partial charge in [-0.1, -0.05) is 6.07 Å². The Hall–Kier alpha value is -1.66. The fourth-order valence-corrected chi connectivity index (χ4v) is 6.20. The summed E-state index contributed by atoms with van der Waals surface area (Å²) in [6, 6.07) is 5.34. The lowest BCUT2D eigenvalue weighted by atomic mass is 9.77. The Morgan fingerprint density at radius 1 is 1.22 bits per heavy atom. The second kappa shape index (κ2) is 5.67. The zero-order valence-corrected chi connectivity index (χ0v) is 16.0. The number of thiophene rings is 1. The molecule has 0 radical (unpaired) electrons. The van der Waals surface area contributed by atoms with E-state index in [0.717, 1.165) is 22.9 Å². The van der Waals surface area contributed by atoms with Crippen LogP contribution in [0.3, 0.4) is 0 Å². The number of nitrogens with zero attached hydrogens (tertiary/aromatic N) is 1. The Balaban J connectivity index is 1.29. The van der Waals surface area contributed by atoms with Gasteiger partial charge in [0.2, 0.25) is 0 Å². The molecular formula is C21H23FN2O2S. The Labute approximate surface area is 161 Å². The largest absolute Gasteiger partial charge is 0.486 e. The van der Waals surface area contributed by atoms with Crippen LogP contribution in [0.5, 0.6) is 5.75 Å². The molecule has 1 amide bonds. The minimum absolute atomic E-state index is 0.0148. The molecule has 2 aromatic rings. The van der Waals surface area contributed by atoms with Gasteiger partial charge in [-0.2, -0.15) is 0 Å². The van der Waals surface area contributed by atoms with Gasteiger partial charge in [-0.25, -0.2) is 4.39 Å². The predicted octanol–water partition coefficient (Wildman–Crippen LogP) is 3.94. The minimum Gasteiger partial charge on any atom is -0.486 e. The van der Waals surface area contributed by atoms with Gasteiger partial charge in [0.15, 0.2) is 11.6 Å². The van der Waals surface area contributed by atoms with E-state index < -0.39 is 0 Å². The SMILES string of the molecule is O=C(N[C@@H]1C2CCN(CC2)C12CC2)c1cc2ccc(F)c(OC3CC3)c2s1. The van der Waals surface area contributed by atoms with Crippen LogP contribution in [-0.2, 0) is 0 Å². The highest BCUT2D eigenvalue weighted by Crippen LogP contribution is 2.53. The Kier molecular flexibility index (Phi) is 3.43. The molecule has 5 aliphatic rings. The molecule has 2 bridgehead atoms. The van der Waals surface area contributed by atoms with Crippen LogP contribution in [-0.4, -0.2) is 41.6 Å². The first kappa shape index (κ1) is 16.3. The average Bonchev–Trinajstić information content (AvgIpc) is 3.60. The number of piperidine rings is 3. The third-order valence-electron chi connectivity index (χ3n) is 6.89. The predicted molar refractivity (Wildman–Crippen MR) is 103 cm³/mol. The maximum Gasteiger partial charge on any atom is 0.261 e. The number of carbonyl (C=O) groups is 1. The van der Waals surface area contributed by atoms with E-state index in [1.165, 1.54) is 56.2 Å². The van der Waals surface area contributed by atoms with Crippen molar-refractivity contribution in [3.8, 4) is 5.75 Å².